The van der Waals surface area contributed by atoms with Crippen molar-refractivity contribution in [2.24, 2.45) is 5.41 Å². The first-order valence-electron chi connectivity index (χ1n) is 11.9. The highest BCUT2D eigenvalue weighted by Gasteiger charge is 2.53. The number of piperidine rings is 1. The highest BCUT2D eigenvalue weighted by Crippen LogP contribution is 2.54. The Bertz CT molecular complexity index is 1250. The Balaban J connectivity index is 1.98. The summed E-state index contributed by atoms with van der Waals surface area (Å²) < 4.78 is 42.2. The van der Waals surface area contributed by atoms with Gasteiger partial charge in [-0.3, -0.25) is 9.78 Å². The molecule has 2 heterocycles. The number of pyridine rings is 1. The molecular formula is C29H27Cl2F3N2O. The van der Waals surface area contributed by atoms with Gasteiger partial charge in [0, 0.05) is 22.2 Å². The zero-order valence-electron chi connectivity index (χ0n) is 20.3. The van der Waals surface area contributed by atoms with E-state index in [1.165, 1.54) is 17.2 Å². The third kappa shape index (κ3) is 6.02. The van der Waals surface area contributed by atoms with Crippen LogP contribution in [0.25, 0.3) is 0 Å². The standard InChI is InChI=1S/C29H27Cl2F3N2O/c1-3-14-28(2)17-23(20-7-6-8-22(31)16-20)26(19-10-12-21(30)13-11-19)36(27(28)37)25(18-29(32,33)34)24-9-4-5-15-35-24/h3-13,15-16,23,25-26H,1,14,17-18H2,2H3/t23-,25+,26-,28+/m1/s1. The van der Waals surface area contributed by atoms with Crippen LogP contribution in [0.2, 0.25) is 10.0 Å². The monoisotopic (exact) mass is 546 g/mol. The third-order valence-electron chi connectivity index (χ3n) is 6.98. The van der Waals surface area contributed by atoms with Crippen LogP contribution < -0.4 is 0 Å². The molecule has 8 heteroatoms. The average molecular weight is 547 g/mol. The van der Waals surface area contributed by atoms with Gasteiger partial charge < -0.3 is 4.90 Å². The van der Waals surface area contributed by atoms with Crippen LogP contribution in [0, 0.1) is 5.41 Å². The number of hydrogen-bond acceptors (Lipinski definition) is 2. The Morgan fingerprint density at radius 3 is 2.41 bits per heavy atom. The Morgan fingerprint density at radius 1 is 1.08 bits per heavy atom. The molecule has 3 nitrogen and oxygen atoms in total. The molecule has 0 radical (unpaired) electrons. The summed E-state index contributed by atoms with van der Waals surface area (Å²) in [7, 11) is 0. The van der Waals surface area contributed by atoms with Crippen molar-refractivity contribution in [1.82, 2.24) is 9.88 Å². The molecule has 1 amide bonds. The van der Waals surface area contributed by atoms with E-state index in [0.29, 0.717) is 28.5 Å². The van der Waals surface area contributed by atoms with Crippen molar-refractivity contribution in [2.75, 3.05) is 0 Å². The van der Waals surface area contributed by atoms with Crippen LogP contribution in [0.15, 0.2) is 85.6 Å². The Hall–Kier alpha value is -2.83. The van der Waals surface area contributed by atoms with E-state index in [0.717, 1.165) is 5.56 Å². The molecule has 0 saturated carbocycles. The van der Waals surface area contributed by atoms with Gasteiger partial charge in [-0.05, 0) is 60.4 Å². The molecule has 1 aliphatic rings. The molecular weight excluding hydrogens is 520 g/mol. The van der Waals surface area contributed by atoms with Gasteiger partial charge in [0.15, 0.2) is 0 Å². The largest absolute Gasteiger partial charge is 0.391 e. The molecule has 37 heavy (non-hydrogen) atoms. The highest BCUT2D eigenvalue weighted by molar-refractivity contribution is 6.30. The first-order chi connectivity index (χ1) is 17.5. The number of nitrogens with zero attached hydrogens (tertiary/aromatic N) is 2. The minimum atomic E-state index is -4.54. The van der Waals surface area contributed by atoms with E-state index in [9.17, 15) is 18.0 Å². The van der Waals surface area contributed by atoms with Gasteiger partial charge in [-0.1, -0.05) is 66.5 Å². The molecule has 1 fully saturated rings. The predicted octanol–water partition coefficient (Wildman–Crippen LogP) is 8.72. The number of allylic oxidation sites excluding steroid dienone is 1. The van der Waals surface area contributed by atoms with E-state index < -0.39 is 30.1 Å². The van der Waals surface area contributed by atoms with Gasteiger partial charge in [-0.2, -0.15) is 13.2 Å². The van der Waals surface area contributed by atoms with Gasteiger partial charge in [0.25, 0.3) is 0 Å². The molecule has 0 spiro atoms. The van der Waals surface area contributed by atoms with Crippen molar-refractivity contribution >= 4 is 29.1 Å². The number of benzene rings is 2. The number of aromatic nitrogens is 1. The van der Waals surface area contributed by atoms with Crippen molar-refractivity contribution in [2.45, 2.75) is 50.4 Å². The van der Waals surface area contributed by atoms with E-state index in [1.807, 2.05) is 18.2 Å². The Labute approximate surface area is 224 Å². The highest BCUT2D eigenvalue weighted by atomic mass is 35.5. The van der Waals surface area contributed by atoms with E-state index in [2.05, 4.69) is 11.6 Å². The number of carbonyl (C=O) groups is 1. The molecule has 1 aromatic heterocycles. The quantitative estimate of drug-likeness (QED) is 0.277. The minimum absolute atomic E-state index is 0.180. The van der Waals surface area contributed by atoms with E-state index >= 15 is 0 Å². The number of alkyl halides is 3. The fourth-order valence-electron chi connectivity index (χ4n) is 5.37. The Kier molecular flexibility index (Phi) is 8.00. The SMILES string of the molecule is C=CC[C@@]1(C)C[C@H](c2cccc(Cl)c2)[C@@H](c2ccc(Cl)cc2)N([C@@H](CC(F)(F)F)c2ccccn2)C1=O. The van der Waals surface area contributed by atoms with Crippen LogP contribution in [0.3, 0.4) is 0 Å². The summed E-state index contributed by atoms with van der Waals surface area (Å²) >= 11 is 12.5. The van der Waals surface area contributed by atoms with Gasteiger partial charge in [0.2, 0.25) is 5.91 Å². The van der Waals surface area contributed by atoms with Crippen molar-refractivity contribution in [3.63, 3.8) is 0 Å². The smallest absolute Gasteiger partial charge is 0.326 e. The lowest BCUT2D eigenvalue weighted by Gasteiger charge is -2.52. The molecule has 0 bridgehead atoms. The van der Waals surface area contributed by atoms with Crippen molar-refractivity contribution in [1.29, 1.82) is 0 Å². The summed E-state index contributed by atoms with van der Waals surface area (Å²) in [6.07, 6.45) is -1.96. The zero-order valence-corrected chi connectivity index (χ0v) is 21.8. The first-order valence-corrected chi connectivity index (χ1v) is 12.7. The third-order valence-corrected chi connectivity index (χ3v) is 7.46. The fourth-order valence-corrected chi connectivity index (χ4v) is 5.69. The van der Waals surface area contributed by atoms with Gasteiger partial charge in [0.05, 0.1) is 29.6 Å². The summed E-state index contributed by atoms with van der Waals surface area (Å²) in [4.78, 5) is 19.9. The van der Waals surface area contributed by atoms with Crippen LogP contribution in [0.1, 0.15) is 61.0 Å². The van der Waals surface area contributed by atoms with Gasteiger partial charge in [-0.25, -0.2) is 0 Å². The molecule has 0 N–H and O–H groups in total. The summed E-state index contributed by atoms with van der Waals surface area (Å²) in [6, 6.07) is 17.0. The molecule has 1 saturated heterocycles. The molecule has 0 aliphatic carbocycles. The van der Waals surface area contributed by atoms with Crippen molar-refractivity contribution in [3.8, 4) is 0 Å². The van der Waals surface area contributed by atoms with E-state index in [-0.39, 0.29) is 17.5 Å². The number of rotatable bonds is 7. The molecule has 194 valence electrons. The van der Waals surface area contributed by atoms with Gasteiger partial charge >= 0.3 is 6.18 Å². The second-order valence-corrected chi connectivity index (χ2v) is 10.6. The molecule has 4 atom stereocenters. The van der Waals surface area contributed by atoms with Crippen molar-refractivity contribution < 1.29 is 18.0 Å². The molecule has 1 aliphatic heterocycles. The van der Waals surface area contributed by atoms with Crippen molar-refractivity contribution in [3.05, 3.63) is 112 Å². The lowest BCUT2D eigenvalue weighted by atomic mass is 9.67. The van der Waals surface area contributed by atoms with Crippen LogP contribution in [0.4, 0.5) is 13.2 Å². The second-order valence-electron chi connectivity index (χ2n) is 9.72. The number of likely N-dealkylation sites (tertiary alicyclic amines) is 1. The zero-order chi connectivity index (χ0) is 26.8. The minimum Gasteiger partial charge on any atom is -0.326 e. The fraction of sp³-hybridized carbons (Fsp3) is 0.310. The molecule has 4 rings (SSSR count). The van der Waals surface area contributed by atoms with E-state index in [1.54, 1.807) is 55.5 Å². The number of amides is 1. The maximum absolute atomic E-state index is 14.3. The topological polar surface area (TPSA) is 33.2 Å². The maximum atomic E-state index is 14.3. The van der Waals surface area contributed by atoms with Gasteiger partial charge in [0.1, 0.15) is 0 Å². The average Bonchev–Trinajstić information content (AvgIpc) is 2.85. The summed E-state index contributed by atoms with van der Waals surface area (Å²) in [6.45, 7) is 5.62. The number of hydrogen-bond donors (Lipinski definition) is 0. The molecule has 2 aromatic carbocycles. The number of carbonyl (C=O) groups excluding carboxylic acids is 1. The first kappa shape index (κ1) is 27.2. The normalized spacial score (nSPS) is 23.1. The lowest BCUT2D eigenvalue weighted by molar-refractivity contribution is -0.171. The van der Waals surface area contributed by atoms with Crippen LogP contribution in [-0.2, 0) is 4.79 Å². The Morgan fingerprint density at radius 2 is 1.81 bits per heavy atom. The number of halogens is 5. The summed E-state index contributed by atoms with van der Waals surface area (Å²) in [5.41, 5.74) is 0.731. The van der Waals surface area contributed by atoms with Gasteiger partial charge in [-0.15, -0.1) is 6.58 Å². The van der Waals surface area contributed by atoms with Crippen LogP contribution in [0.5, 0.6) is 0 Å². The second kappa shape index (κ2) is 10.9. The summed E-state index contributed by atoms with van der Waals surface area (Å²) in [5, 5.41) is 1.00. The van der Waals surface area contributed by atoms with Crippen LogP contribution >= 0.6 is 23.2 Å². The van der Waals surface area contributed by atoms with E-state index in [4.69, 9.17) is 23.2 Å². The predicted molar refractivity (Wildman–Crippen MR) is 140 cm³/mol. The lowest BCUT2D eigenvalue weighted by Crippen LogP contribution is -2.53. The summed E-state index contributed by atoms with van der Waals surface area (Å²) in [5.74, 6) is -0.715. The maximum Gasteiger partial charge on any atom is 0.391 e. The molecule has 3 aromatic rings. The van der Waals surface area contributed by atoms with Crippen LogP contribution in [-0.4, -0.2) is 22.0 Å². The molecule has 0 unspecified atom stereocenters.